The van der Waals surface area contributed by atoms with E-state index in [4.69, 9.17) is 9.26 Å². The lowest BCUT2D eigenvalue weighted by molar-refractivity contribution is -0.133. The Labute approximate surface area is 141 Å². The number of nitrogens with zero attached hydrogens (tertiary/aromatic N) is 3. The summed E-state index contributed by atoms with van der Waals surface area (Å²) in [6.07, 6.45) is 2.37. The molecule has 1 aromatic heterocycles. The number of carbonyl (C=O) groups excluding carboxylic acids is 1. The molecule has 0 radical (unpaired) electrons. The van der Waals surface area contributed by atoms with E-state index in [1.165, 1.54) is 0 Å². The average Bonchev–Trinajstić information content (AvgIpc) is 3.06. The van der Waals surface area contributed by atoms with Gasteiger partial charge < -0.3 is 14.2 Å². The molecule has 1 aliphatic rings. The van der Waals surface area contributed by atoms with Crippen molar-refractivity contribution in [2.45, 2.75) is 38.7 Å². The van der Waals surface area contributed by atoms with E-state index in [1.54, 1.807) is 6.92 Å². The first-order chi connectivity index (χ1) is 11.7. The van der Waals surface area contributed by atoms with Crippen LogP contribution in [-0.2, 0) is 16.1 Å². The molecule has 0 spiro atoms. The van der Waals surface area contributed by atoms with Crippen LogP contribution in [0, 0.1) is 6.92 Å². The molecule has 128 valence electrons. The highest BCUT2D eigenvalue weighted by atomic mass is 16.5. The number of amides is 1. The third-order valence-corrected chi connectivity index (χ3v) is 4.25. The number of benzene rings is 1. The summed E-state index contributed by atoms with van der Waals surface area (Å²) in [6, 6.07) is 9.98. The van der Waals surface area contributed by atoms with Gasteiger partial charge in [0, 0.05) is 25.9 Å². The van der Waals surface area contributed by atoms with E-state index in [0.717, 1.165) is 24.9 Å². The number of hydrogen-bond acceptors (Lipinski definition) is 5. The summed E-state index contributed by atoms with van der Waals surface area (Å²) in [5, 5.41) is 3.99. The molecule has 0 aliphatic carbocycles. The Morgan fingerprint density at radius 3 is 2.96 bits per heavy atom. The Balaban J connectivity index is 1.43. The molecule has 1 saturated heterocycles. The van der Waals surface area contributed by atoms with Crippen LogP contribution in [0.3, 0.4) is 0 Å². The minimum atomic E-state index is 0.132. The molecule has 6 heteroatoms. The number of carbonyl (C=O) groups is 1. The quantitative estimate of drug-likeness (QED) is 0.762. The van der Waals surface area contributed by atoms with Crippen LogP contribution in [0.1, 0.15) is 42.5 Å². The summed E-state index contributed by atoms with van der Waals surface area (Å²) < 4.78 is 10.7. The van der Waals surface area contributed by atoms with Crippen molar-refractivity contribution in [2.75, 3.05) is 19.7 Å². The third kappa shape index (κ3) is 4.41. The number of likely N-dealkylation sites (tertiary alicyclic amines) is 1. The number of rotatable bonds is 6. The van der Waals surface area contributed by atoms with Crippen LogP contribution >= 0.6 is 0 Å². The van der Waals surface area contributed by atoms with Crippen molar-refractivity contribution in [3.8, 4) is 0 Å². The third-order valence-electron chi connectivity index (χ3n) is 4.25. The highest BCUT2D eigenvalue weighted by molar-refractivity contribution is 5.76. The molecule has 0 N–H and O–H groups in total. The molecule has 3 rings (SSSR count). The van der Waals surface area contributed by atoms with Crippen LogP contribution in [0.25, 0.3) is 0 Å². The molecule has 2 aromatic rings. The molecular formula is C18H23N3O3. The molecule has 1 aromatic carbocycles. The second kappa shape index (κ2) is 8.06. The van der Waals surface area contributed by atoms with E-state index in [1.807, 2.05) is 35.2 Å². The second-order valence-corrected chi connectivity index (χ2v) is 6.14. The Bertz CT molecular complexity index is 657. The molecule has 0 bridgehead atoms. The van der Waals surface area contributed by atoms with Crippen LogP contribution in [-0.4, -0.2) is 40.6 Å². The number of piperidine rings is 1. The van der Waals surface area contributed by atoms with Gasteiger partial charge in [0.25, 0.3) is 0 Å². The van der Waals surface area contributed by atoms with E-state index in [0.29, 0.717) is 37.9 Å². The molecule has 0 unspecified atom stereocenters. The van der Waals surface area contributed by atoms with Gasteiger partial charge in [0.1, 0.15) is 0 Å². The first-order valence-corrected chi connectivity index (χ1v) is 8.42. The molecule has 6 nitrogen and oxygen atoms in total. The predicted octanol–water partition coefficient (Wildman–Crippen LogP) is 2.69. The van der Waals surface area contributed by atoms with Gasteiger partial charge in [-0.05, 0) is 18.4 Å². The van der Waals surface area contributed by atoms with Crippen LogP contribution < -0.4 is 0 Å². The van der Waals surface area contributed by atoms with E-state index >= 15 is 0 Å². The summed E-state index contributed by atoms with van der Waals surface area (Å²) in [5.41, 5.74) is 1.12. The number of aromatic nitrogens is 2. The maximum Gasteiger partial charge on any atom is 0.224 e. The highest BCUT2D eigenvalue weighted by Crippen LogP contribution is 2.25. The van der Waals surface area contributed by atoms with Crippen LogP contribution in [0.4, 0.5) is 0 Å². The summed E-state index contributed by atoms with van der Waals surface area (Å²) in [7, 11) is 0. The van der Waals surface area contributed by atoms with E-state index in [-0.39, 0.29) is 11.8 Å². The molecule has 0 saturated carbocycles. The Morgan fingerprint density at radius 1 is 1.38 bits per heavy atom. The van der Waals surface area contributed by atoms with Gasteiger partial charge in [-0.3, -0.25) is 4.79 Å². The molecule has 1 fully saturated rings. The fourth-order valence-electron chi connectivity index (χ4n) is 2.98. The Hall–Kier alpha value is -2.21. The normalized spacial score (nSPS) is 17.9. The zero-order valence-corrected chi connectivity index (χ0v) is 14.0. The van der Waals surface area contributed by atoms with Crippen molar-refractivity contribution < 1.29 is 14.1 Å². The van der Waals surface area contributed by atoms with Crippen molar-refractivity contribution in [2.24, 2.45) is 0 Å². The molecular weight excluding hydrogens is 306 g/mol. The van der Waals surface area contributed by atoms with Crippen LogP contribution in [0.2, 0.25) is 0 Å². The van der Waals surface area contributed by atoms with Gasteiger partial charge in [0.2, 0.25) is 11.8 Å². The molecule has 2 heterocycles. The standard InChI is InChI=1S/C18H23N3O3/c1-14-19-18(20-24-14)16-8-5-10-21(12-16)17(22)9-11-23-13-15-6-3-2-4-7-15/h2-4,6-7,16H,5,8-13H2,1H3/t16-/m1/s1. The summed E-state index contributed by atoms with van der Waals surface area (Å²) in [4.78, 5) is 18.6. The fraction of sp³-hybridized carbons (Fsp3) is 0.500. The van der Waals surface area contributed by atoms with Gasteiger partial charge in [-0.1, -0.05) is 35.5 Å². The zero-order chi connectivity index (χ0) is 16.8. The van der Waals surface area contributed by atoms with E-state index in [9.17, 15) is 4.79 Å². The second-order valence-electron chi connectivity index (χ2n) is 6.14. The van der Waals surface area contributed by atoms with Gasteiger partial charge in [0.05, 0.1) is 19.6 Å². The summed E-state index contributed by atoms with van der Waals surface area (Å²) in [6.45, 7) is 4.22. The summed E-state index contributed by atoms with van der Waals surface area (Å²) >= 11 is 0. The number of hydrogen-bond donors (Lipinski definition) is 0. The largest absolute Gasteiger partial charge is 0.376 e. The van der Waals surface area contributed by atoms with Crippen molar-refractivity contribution >= 4 is 5.91 Å². The fourth-order valence-corrected chi connectivity index (χ4v) is 2.98. The van der Waals surface area contributed by atoms with Gasteiger partial charge >= 0.3 is 0 Å². The number of aryl methyl sites for hydroxylation is 1. The SMILES string of the molecule is Cc1nc([C@@H]2CCCN(C(=O)CCOCc3ccccc3)C2)no1. The van der Waals surface area contributed by atoms with Crippen molar-refractivity contribution in [3.05, 3.63) is 47.6 Å². The maximum atomic E-state index is 12.4. The Morgan fingerprint density at radius 2 is 2.21 bits per heavy atom. The number of ether oxygens (including phenoxy) is 1. The van der Waals surface area contributed by atoms with Crippen molar-refractivity contribution in [1.82, 2.24) is 15.0 Å². The zero-order valence-electron chi connectivity index (χ0n) is 14.0. The van der Waals surface area contributed by atoms with Gasteiger partial charge in [-0.15, -0.1) is 0 Å². The minimum absolute atomic E-state index is 0.132. The van der Waals surface area contributed by atoms with E-state index < -0.39 is 0 Å². The smallest absolute Gasteiger partial charge is 0.224 e. The van der Waals surface area contributed by atoms with Crippen molar-refractivity contribution in [1.29, 1.82) is 0 Å². The van der Waals surface area contributed by atoms with Crippen LogP contribution in [0.15, 0.2) is 34.9 Å². The monoisotopic (exact) mass is 329 g/mol. The lowest BCUT2D eigenvalue weighted by atomic mass is 9.97. The molecule has 1 atom stereocenters. The van der Waals surface area contributed by atoms with E-state index in [2.05, 4.69) is 10.1 Å². The van der Waals surface area contributed by atoms with Gasteiger partial charge in [-0.25, -0.2) is 0 Å². The topological polar surface area (TPSA) is 68.5 Å². The predicted molar refractivity (Wildman–Crippen MR) is 88.3 cm³/mol. The highest BCUT2D eigenvalue weighted by Gasteiger charge is 2.27. The van der Waals surface area contributed by atoms with Gasteiger partial charge in [0.15, 0.2) is 5.82 Å². The first-order valence-electron chi connectivity index (χ1n) is 8.42. The average molecular weight is 329 g/mol. The summed E-state index contributed by atoms with van der Waals surface area (Å²) in [5.74, 6) is 1.59. The lowest BCUT2D eigenvalue weighted by Crippen LogP contribution is -2.39. The first kappa shape index (κ1) is 16.6. The molecule has 1 amide bonds. The molecule has 24 heavy (non-hydrogen) atoms. The lowest BCUT2D eigenvalue weighted by Gasteiger charge is -2.31. The minimum Gasteiger partial charge on any atom is -0.376 e. The maximum absolute atomic E-state index is 12.4. The van der Waals surface area contributed by atoms with Crippen molar-refractivity contribution in [3.63, 3.8) is 0 Å². The van der Waals surface area contributed by atoms with Crippen LogP contribution in [0.5, 0.6) is 0 Å². The molecule has 1 aliphatic heterocycles. The Kier molecular flexibility index (Phi) is 5.59. The van der Waals surface area contributed by atoms with Gasteiger partial charge in [-0.2, -0.15) is 4.98 Å².